The zero-order chi connectivity index (χ0) is 8.32. The van der Waals surface area contributed by atoms with Crippen LogP contribution in [0.25, 0.3) is 0 Å². The first-order valence-corrected chi connectivity index (χ1v) is 5.71. The Hall–Kier alpha value is -0.310. The average molecular weight is 174 g/mol. The van der Waals surface area contributed by atoms with Gasteiger partial charge in [-0.05, 0) is 19.3 Å². The monoisotopic (exact) mass is 174 g/mol. The Balaban J connectivity index is 2.67. The van der Waals surface area contributed by atoms with Crippen molar-refractivity contribution in [1.82, 2.24) is 0 Å². The van der Waals surface area contributed by atoms with Crippen molar-refractivity contribution < 1.29 is 8.42 Å². The summed E-state index contributed by atoms with van der Waals surface area (Å²) in [6.45, 7) is 3.56. The molecule has 1 saturated heterocycles. The lowest BCUT2D eigenvalue weighted by molar-refractivity contribution is 0.540. The molecule has 0 aromatic heterocycles. The van der Waals surface area contributed by atoms with E-state index in [9.17, 15) is 8.42 Å². The van der Waals surface area contributed by atoms with Crippen LogP contribution >= 0.6 is 0 Å². The molecule has 1 heterocycles. The second kappa shape index (κ2) is 3.39. The van der Waals surface area contributed by atoms with Crippen LogP contribution in [-0.4, -0.2) is 19.4 Å². The Labute approximate surface area is 68.2 Å². The van der Waals surface area contributed by atoms with Gasteiger partial charge in [0, 0.05) is 0 Å². The normalized spacial score (nSPS) is 29.6. The molecule has 1 atom stereocenters. The van der Waals surface area contributed by atoms with Gasteiger partial charge in [0.1, 0.15) is 0 Å². The first-order valence-electron chi connectivity index (χ1n) is 3.99. The molecule has 2 nitrogen and oxygen atoms in total. The number of rotatable bonds is 2. The first-order chi connectivity index (χ1) is 5.17. The average Bonchev–Trinajstić information content (AvgIpc) is 1.94. The highest BCUT2D eigenvalue weighted by Crippen LogP contribution is 2.21. The van der Waals surface area contributed by atoms with Gasteiger partial charge in [-0.25, -0.2) is 8.42 Å². The van der Waals surface area contributed by atoms with E-state index < -0.39 is 9.84 Å². The smallest absolute Gasteiger partial charge is 0.153 e. The predicted octanol–water partition coefficient (Wildman–Crippen LogP) is 1.53. The van der Waals surface area contributed by atoms with Gasteiger partial charge in [-0.3, -0.25) is 0 Å². The number of hydrogen-bond donors (Lipinski definition) is 0. The van der Waals surface area contributed by atoms with E-state index in [1.165, 1.54) is 0 Å². The number of allylic oxidation sites excluding steroid dienone is 1. The minimum atomic E-state index is -2.76. The van der Waals surface area contributed by atoms with E-state index in [2.05, 4.69) is 6.58 Å². The summed E-state index contributed by atoms with van der Waals surface area (Å²) in [6.07, 6.45) is 5.05. The largest absolute Gasteiger partial charge is 0.229 e. The third-order valence-electron chi connectivity index (χ3n) is 2.14. The Morgan fingerprint density at radius 3 is 2.73 bits per heavy atom. The van der Waals surface area contributed by atoms with Crippen molar-refractivity contribution in [2.24, 2.45) is 0 Å². The maximum absolute atomic E-state index is 11.3. The first kappa shape index (κ1) is 8.78. The van der Waals surface area contributed by atoms with Crippen LogP contribution < -0.4 is 0 Å². The second-order valence-corrected chi connectivity index (χ2v) is 5.41. The summed E-state index contributed by atoms with van der Waals surface area (Å²) in [4.78, 5) is 0. The van der Waals surface area contributed by atoms with Crippen molar-refractivity contribution in [3.63, 3.8) is 0 Å². The number of hydrogen-bond acceptors (Lipinski definition) is 2. The Bertz CT molecular complexity index is 228. The molecule has 11 heavy (non-hydrogen) atoms. The summed E-state index contributed by atoms with van der Waals surface area (Å²) < 4.78 is 22.6. The van der Waals surface area contributed by atoms with E-state index in [4.69, 9.17) is 0 Å². The fourth-order valence-electron chi connectivity index (χ4n) is 1.47. The molecule has 1 fully saturated rings. The van der Waals surface area contributed by atoms with Crippen LogP contribution in [0.1, 0.15) is 25.7 Å². The van der Waals surface area contributed by atoms with Crippen molar-refractivity contribution in [2.75, 3.05) is 5.75 Å². The van der Waals surface area contributed by atoms with Crippen LogP contribution in [0.2, 0.25) is 0 Å². The van der Waals surface area contributed by atoms with Gasteiger partial charge in [0.05, 0.1) is 11.0 Å². The minimum Gasteiger partial charge on any atom is -0.229 e. The van der Waals surface area contributed by atoms with Crippen LogP contribution in [-0.2, 0) is 9.84 Å². The molecular weight excluding hydrogens is 160 g/mol. The van der Waals surface area contributed by atoms with Crippen LogP contribution in [0, 0.1) is 0 Å². The molecule has 0 amide bonds. The molecule has 0 saturated carbocycles. The van der Waals surface area contributed by atoms with Gasteiger partial charge < -0.3 is 0 Å². The summed E-state index contributed by atoms with van der Waals surface area (Å²) in [5.74, 6) is 0.380. The summed E-state index contributed by atoms with van der Waals surface area (Å²) in [6, 6.07) is 0. The molecule has 3 heteroatoms. The molecular formula is C8H14O2S. The van der Waals surface area contributed by atoms with Crippen molar-refractivity contribution in [3.8, 4) is 0 Å². The standard InChI is InChI=1S/C8H14O2S/c1-2-5-8-6-3-4-7-11(8,9)10/h2,8H,1,3-7H2. The maximum Gasteiger partial charge on any atom is 0.153 e. The van der Waals surface area contributed by atoms with E-state index in [1.54, 1.807) is 6.08 Å². The van der Waals surface area contributed by atoms with Crippen molar-refractivity contribution in [3.05, 3.63) is 12.7 Å². The molecule has 0 bridgehead atoms. The zero-order valence-corrected chi connectivity index (χ0v) is 7.44. The van der Waals surface area contributed by atoms with Gasteiger partial charge in [-0.1, -0.05) is 12.5 Å². The molecule has 0 spiro atoms. The molecule has 0 aromatic rings. The fraction of sp³-hybridized carbons (Fsp3) is 0.750. The Kier molecular flexibility index (Phi) is 2.71. The molecule has 1 aliphatic rings. The molecule has 1 unspecified atom stereocenters. The van der Waals surface area contributed by atoms with Crippen molar-refractivity contribution in [1.29, 1.82) is 0 Å². The highest BCUT2D eigenvalue weighted by Gasteiger charge is 2.26. The summed E-state index contributed by atoms with van der Waals surface area (Å²) in [5, 5.41) is -0.131. The van der Waals surface area contributed by atoms with Gasteiger partial charge >= 0.3 is 0 Å². The van der Waals surface area contributed by atoms with Gasteiger partial charge in [-0.2, -0.15) is 0 Å². The predicted molar refractivity (Wildman–Crippen MR) is 46.2 cm³/mol. The Morgan fingerprint density at radius 1 is 1.45 bits per heavy atom. The van der Waals surface area contributed by atoms with Crippen LogP contribution in [0.5, 0.6) is 0 Å². The van der Waals surface area contributed by atoms with E-state index >= 15 is 0 Å². The molecule has 64 valence electrons. The summed E-state index contributed by atoms with van der Waals surface area (Å²) in [7, 11) is -2.76. The van der Waals surface area contributed by atoms with Crippen LogP contribution in [0.3, 0.4) is 0 Å². The second-order valence-electron chi connectivity index (χ2n) is 3.01. The summed E-state index contributed by atoms with van der Waals surface area (Å²) in [5.41, 5.74) is 0. The number of sulfone groups is 1. The molecule has 0 aromatic carbocycles. The third-order valence-corrected chi connectivity index (χ3v) is 4.44. The van der Waals surface area contributed by atoms with E-state index in [0.717, 1.165) is 19.3 Å². The van der Waals surface area contributed by atoms with E-state index in [0.29, 0.717) is 12.2 Å². The molecule has 0 aliphatic carbocycles. The summed E-state index contributed by atoms with van der Waals surface area (Å²) >= 11 is 0. The van der Waals surface area contributed by atoms with Gasteiger partial charge in [0.2, 0.25) is 0 Å². The van der Waals surface area contributed by atoms with Crippen LogP contribution in [0.15, 0.2) is 12.7 Å². The van der Waals surface area contributed by atoms with E-state index in [1.807, 2.05) is 0 Å². The Morgan fingerprint density at radius 2 is 2.18 bits per heavy atom. The van der Waals surface area contributed by atoms with Crippen molar-refractivity contribution in [2.45, 2.75) is 30.9 Å². The zero-order valence-electron chi connectivity index (χ0n) is 6.62. The third kappa shape index (κ3) is 2.06. The van der Waals surface area contributed by atoms with E-state index in [-0.39, 0.29) is 5.25 Å². The lowest BCUT2D eigenvalue weighted by Crippen LogP contribution is -2.27. The molecule has 1 aliphatic heterocycles. The lowest BCUT2D eigenvalue weighted by atomic mass is 10.1. The highest BCUT2D eigenvalue weighted by molar-refractivity contribution is 7.92. The highest BCUT2D eigenvalue weighted by atomic mass is 32.2. The van der Waals surface area contributed by atoms with Gasteiger partial charge in [-0.15, -0.1) is 6.58 Å². The van der Waals surface area contributed by atoms with Crippen molar-refractivity contribution >= 4 is 9.84 Å². The SMILES string of the molecule is C=CCC1CCCCS1(=O)=O. The lowest BCUT2D eigenvalue weighted by Gasteiger charge is -2.20. The van der Waals surface area contributed by atoms with Gasteiger partial charge in [0.15, 0.2) is 9.84 Å². The molecule has 1 rings (SSSR count). The maximum atomic E-state index is 11.3. The fourth-order valence-corrected chi connectivity index (χ4v) is 3.37. The van der Waals surface area contributed by atoms with Gasteiger partial charge in [0.25, 0.3) is 0 Å². The molecule has 0 N–H and O–H groups in total. The van der Waals surface area contributed by atoms with Crippen LogP contribution in [0.4, 0.5) is 0 Å². The molecule has 0 radical (unpaired) electrons. The topological polar surface area (TPSA) is 34.1 Å². The quantitative estimate of drug-likeness (QED) is 0.595. The minimum absolute atomic E-state index is 0.131.